The summed E-state index contributed by atoms with van der Waals surface area (Å²) in [5.41, 5.74) is 5.89. The third-order valence-electron chi connectivity index (χ3n) is 2.59. The summed E-state index contributed by atoms with van der Waals surface area (Å²) in [5.74, 6) is 0.802. The molecule has 14 heavy (non-hydrogen) atoms. The van der Waals surface area contributed by atoms with Gasteiger partial charge in [-0.1, -0.05) is 0 Å². The van der Waals surface area contributed by atoms with Crippen LogP contribution in [0.1, 0.15) is 26.7 Å². The van der Waals surface area contributed by atoms with E-state index in [9.17, 15) is 0 Å². The average Bonchev–Trinajstić information content (AvgIpc) is 2.02. The Balaban J connectivity index is 2.21. The fraction of sp³-hybridized carbons (Fsp3) is 1.00. The van der Waals surface area contributed by atoms with Gasteiger partial charge in [0, 0.05) is 31.8 Å². The smallest absolute Gasteiger partial charge is 0.0469 e. The van der Waals surface area contributed by atoms with Gasteiger partial charge in [0.05, 0.1) is 0 Å². The molecule has 0 saturated carbocycles. The van der Waals surface area contributed by atoms with Crippen molar-refractivity contribution < 1.29 is 4.74 Å². The van der Waals surface area contributed by atoms with Gasteiger partial charge in [0.15, 0.2) is 0 Å². The lowest BCUT2D eigenvalue weighted by atomic mass is 9.99. The summed E-state index contributed by atoms with van der Waals surface area (Å²) >= 11 is 0. The predicted octanol–water partition coefficient (Wildman–Crippen LogP) is 1.08. The fourth-order valence-corrected chi connectivity index (χ4v) is 2.13. The summed E-state index contributed by atoms with van der Waals surface area (Å²) in [4.78, 5) is 2.34. The van der Waals surface area contributed by atoms with E-state index < -0.39 is 0 Å². The molecule has 0 amide bonds. The van der Waals surface area contributed by atoms with Gasteiger partial charge in [0.25, 0.3) is 0 Å². The first-order chi connectivity index (χ1) is 6.47. The monoisotopic (exact) mass is 200 g/mol. The Kier molecular flexibility index (Phi) is 4.35. The van der Waals surface area contributed by atoms with Crippen LogP contribution in [-0.4, -0.2) is 43.8 Å². The Bertz CT molecular complexity index is 159. The van der Waals surface area contributed by atoms with Crippen molar-refractivity contribution in [3.05, 3.63) is 0 Å². The molecule has 1 aliphatic heterocycles. The molecule has 1 rings (SSSR count). The zero-order chi connectivity index (χ0) is 10.6. The highest BCUT2D eigenvalue weighted by Gasteiger charge is 2.19. The third-order valence-corrected chi connectivity index (χ3v) is 2.59. The molecular formula is C11H24N2O. The molecule has 0 aromatic carbocycles. The molecule has 0 aliphatic carbocycles. The molecule has 0 atom stereocenters. The van der Waals surface area contributed by atoms with Gasteiger partial charge < -0.3 is 15.4 Å². The molecule has 0 unspecified atom stereocenters. The lowest BCUT2D eigenvalue weighted by Crippen LogP contribution is -2.45. The first-order valence-electron chi connectivity index (χ1n) is 5.52. The van der Waals surface area contributed by atoms with E-state index in [1.165, 1.54) is 12.8 Å². The second-order valence-electron chi connectivity index (χ2n) is 5.24. The number of hydrogen-bond acceptors (Lipinski definition) is 3. The summed E-state index contributed by atoms with van der Waals surface area (Å²) in [6.45, 7) is 8.14. The Hall–Kier alpha value is -0.120. The SMILES string of the molecule is CN(CC1CCOCC1)CC(C)(C)N. The maximum absolute atomic E-state index is 5.98. The maximum atomic E-state index is 5.98. The zero-order valence-corrected chi connectivity index (χ0v) is 9.75. The number of hydrogen-bond donors (Lipinski definition) is 1. The highest BCUT2D eigenvalue weighted by Crippen LogP contribution is 2.16. The zero-order valence-electron chi connectivity index (χ0n) is 9.75. The van der Waals surface area contributed by atoms with E-state index in [4.69, 9.17) is 10.5 Å². The van der Waals surface area contributed by atoms with E-state index >= 15 is 0 Å². The molecule has 1 fully saturated rings. The van der Waals surface area contributed by atoms with Crippen LogP contribution in [-0.2, 0) is 4.74 Å². The number of rotatable bonds is 4. The number of nitrogens with two attached hydrogens (primary N) is 1. The van der Waals surface area contributed by atoms with Crippen molar-refractivity contribution in [3.63, 3.8) is 0 Å². The Morgan fingerprint density at radius 1 is 1.36 bits per heavy atom. The molecule has 3 nitrogen and oxygen atoms in total. The predicted molar refractivity (Wildman–Crippen MR) is 59.3 cm³/mol. The van der Waals surface area contributed by atoms with Gasteiger partial charge in [-0.25, -0.2) is 0 Å². The molecule has 1 saturated heterocycles. The van der Waals surface area contributed by atoms with Crippen molar-refractivity contribution in [1.29, 1.82) is 0 Å². The van der Waals surface area contributed by atoms with Crippen LogP contribution in [0.25, 0.3) is 0 Å². The van der Waals surface area contributed by atoms with Gasteiger partial charge in [-0.2, -0.15) is 0 Å². The van der Waals surface area contributed by atoms with Gasteiger partial charge in [-0.3, -0.25) is 0 Å². The number of nitrogens with zero attached hydrogens (tertiary/aromatic N) is 1. The van der Waals surface area contributed by atoms with Gasteiger partial charge in [0.1, 0.15) is 0 Å². The van der Waals surface area contributed by atoms with Crippen LogP contribution in [0.15, 0.2) is 0 Å². The van der Waals surface area contributed by atoms with Crippen molar-refractivity contribution in [1.82, 2.24) is 4.90 Å². The average molecular weight is 200 g/mol. The van der Waals surface area contributed by atoms with Crippen LogP contribution in [0.4, 0.5) is 0 Å². The van der Waals surface area contributed by atoms with Crippen LogP contribution in [0.5, 0.6) is 0 Å². The van der Waals surface area contributed by atoms with Gasteiger partial charge in [0.2, 0.25) is 0 Å². The summed E-state index contributed by atoms with van der Waals surface area (Å²) in [5, 5.41) is 0. The normalized spacial score (nSPS) is 20.4. The van der Waals surface area contributed by atoms with E-state index in [0.29, 0.717) is 0 Å². The van der Waals surface area contributed by atoms with Crippen LogP contribution in [0.2, 0.25) is 0 Å². The second-order valence-corrected chi connectivity index (χ2v) is 5.24. The summed E-state index contributed by atoms with van der Waals surface area (Å²) in [7, 11) is 2.16. The first kappa shape index (κ1) is 12.0. The molecule has 1 heterocycles. The fourth-order valence-electron chi connectivity index (χ4n) is 2.13. The molecule has 0 aromatic rings. The highest BCUT2D eigenvalue weighted by molar-refractivity contribution is 4.77. The quantitative estimate of drug-likeness (QED) is 0.738. The van der Waals surface area contributed by atoms with Crippen LogP contribution in [0, 0.1) is 5.92 Å². The largest absolute Gasteiger partial charge is 0.381 e. The van der Waals surface area contributed by atoms with Crippen molar-refractivity contribution in [2.24, 2.45) is 11.7 Å². The lowest BCUT2D eigenvalue weighted by Gasteiger charge is -2.31. The minimum absolute atomic E-state index is 0.0834. The molecule has 2 N–H and O–H groups in total. The van der Waals surface area contributed by atoms with E-state index in [0.717, 1.165) is 32.2 Å². The van der Waals surface area contributed by atoms with Crippen molar-refractivity contribution in [2.75, 3.05) is 33.4 Å². The van der Waals surface area contributed by atoms with Gasteiger partial charge in [-0.15, -0.1) is 0 Å². The van der Waals surface area contributed by atoms with Crippen molar-refractivity contribution in [3.8, 4) is 0 Å². The highest BCUT2D eigenvalue weighted by atomic mass is 16.5. The van der Waals surface area contributed by atoms with Crippen LogP contribution < -0.4 is 5.73 Å². The second kappa shape index (κ2) is 5.10. The topological polar surface area (TPSA) is 38.5 Å². The van der Waals surface area contributed by atoms with E-state index in [-0.39, 0.29) is 5.54 Å². The first-order valence-corrected chi connectivity index (χ1v) is 5.52. The molecule has 0 bridgehead atoms. The lowest BCUT2D eigenvalue weighted by molar-refractivity contribution is 0.0539. The molecule has 0 aromatic heterocycles. The van der Waals surface area contributed by atoms with Crippen molar-refractivity contribution in [2.45, 2.75) is 32.2 Å². The van der Waals surface area contributed by atoms with Gasteiger partial charge >= 0.3 is 0 Å². The Morgan fingerprint density at radius 2 is 1.93 bits per heavy atom. The number of likely N-dealkylation sites (N-methyl/N-ethyl adjacent to an activating group) is 1. The molecular weight excluding hydrogens is 176 g/mol. The van der Waals surface area contributed by atoms with Gasteiger partial charge in [-0.05, 0) is 39.7 Å². The van der Waals surface area contributed by atoms with Crippen LogP contribution in [0.3, 0.4) is 0 Å². The van der Waals surface area contributed by atoms with Crippen molar-refractivity contribution >= 4 is 0 Å². The summed E-state index contributed by atoms with van der Waals surface area (Å²) in [6.07, 6.45) is 2.41. The van der Waals surface area contributed by atoms with Crippen LogP contribution >= 0.6 is 0 Å². The molecule has 0 radical (unpaired) electrons. The summed E-state index contributed by atoms with van der Waals surface area (Å²) in [6, 6.07) is 0. The molecule has 0 spiro atoms. The maximum Gasteiger partial charge on any atom is 0.0469 e. The third kappa shape index (κ3) is 4.94. The molecule has 1 aliphatic rings. The van der Waals surface area contributed by atoms with E-state index in [1.807, 2.05) is 0 Å². The Labute approximate surface area is 87.6 Å². The molecule has 84 valence electrons. The van der Waals surface area contributed by atoms with E-state index in [2.05, 4.69) is 25.8 Å². The molecule has 3 heteroatoms. The summed E-state index contributed by atoms with van der Waals surface area (Å²) < 4.78 is 5.34. The standard InChI is InChI=1S/C11H24N2O/c1-11(2,12)9-13(3)8-10-4-6-14-7-5-10/h10H,4-9,12H2,1-3H3. The Morgan fingerprint density at radius 3 is 2.43 bits per heavy atom. The number of ether oxygens (including phenoxy) is 1. The minimum atomic E-state index is -0.0834. The minimum Gasteiger partial charge on any atom is -0.381 e. The van der Waals surface area contributed by atoms with E-state index in [1.54, 1.807) is 0 Å².